The quantitative estimate of drug-likeness (QED) is 0.876. The van der Waals surface area contributed by atoms with Crippen LogP contribution in [0.4, 0.5) is 0 Å². The summed E-state index contributed by atoms with van der Waals surface area (Å²) < 4.78 is 5.44. The summed E-state index contributed by atoms with van der Waals surface area (Å²) in [5.74, 6) is 1.10. The molecule has 0 aliphatic carbocycles. The summed E-state index contributed by atoms with van der Waals surface area (Å²) in [6.45, 7) is 4.55. The largest absolute Gasteiger partial charge is 0.441 e. The normalized spacial score (nSPS) is 18.9. The number of hydrogen-bond acceptors (Lipinski definition) is 4. The van der Waals surface area contributed by atoms with Crippen LogP contribution >= 0.6 is 0 Å². The van der Waals surface area contributed by atoms with Crippen LogP contribution in [0, 0.1) is 12.8 Å². The summed E-state index contributed by atoms with van der Waals surface area (Å²) in [7, 11) is 0. The molecule has 2 N–H and O–H groups in total. The highest BCUT2D eigenvalue weighted by atomic mass is 16.3. The van der Waals surface area contributed by atoms with Gasteiger partial charge in [-0.1, -0.05) is 0 Å². The van der Waals surface area contributed by atoms with E-state index in [9.17, 15) is 4.79 Å². The minimum atomic E-state index is -0.0529. The maximum absolute atomic E-state index is 12.1. The Morgan fingerprint density at radius 2 is 2.47 bits per heavy atom. The smallest absolute Gasteiger partial charge is 0.251 e. The maximum Gasteiger partial charge on any atom is 0.251 e. The van der Waals surface area contributed by atoms with Crippen LogP contribution in [0.25, 0.3) is 11.1 Å². The number of carbonyl (C=O) groups is 1. The molecule has 1 aromatic carbocycles. The first-order valence-corrected chi connectivity index (χ1v) is 6.58. The highest BCUT2D eigenvalue weighted by Gasteiger charge is 2.16. The van der Waals surface area contributed by atoms with Gasteiger partial charge in [-0.05, 0) is 43.6 Å². The van der Waals surface area contributed by atoms with Gasteiger partial charge in [0.15, 0.2) is 11.5 Å². The molecule has 5 heteroatoms. The summed E-state index contributed by atoms with van der Waals surface area (Å²) in [6.07, 6.45) is 1.13. The van der Waals surface area contributed by atoms with Crippen molar-refractivity contribution in [3.05, 3.63) is 29.7 Å². The average molecular weight is 259 g/mol. The Balaban J connectivity index is 1.69. The number of aromatic nitrogens is 1. The molecule has 1 aliphatic rings. The molecule has 2 heterocycles. The third kappa shape index (κ3) is 2.61. The molecule has 1 aliphatic heterocycles. The lowest BCUT2D eigenvalue weighted by Crippen LogP contribution is -2.30. The molecule has 0 saturated carbocycles. The van der Waals surface area contributed by atoms with Gasteiger partial charge in [0.05, 0.1) is 0 Å². The Morgan fingerprint density at radius 1 is 1.58 bits per heavy atom. The molecule has 100 valence electrons. The zero-order valence-electron chi connectivity index (χ0n) is 10.9. The highest BCUT2D eigenvalue weighted by Crippen LogP contribution is 2.17. The van der Waals surface area contributed by atoms with E-state index in [1.807, 2.05) is 6.07 Å². The van der Waals surface area contributed by atoms with Gasteiger partial charge in [0, 0.05) is 19.0 Å². The molecule has 1 aromatic heterocycles. The number of nitrogens with zero attached hydrogens (tertiary/aromatic N) is 1. The van der Waals surface area contributed by atoms with Crippen molar-refractivity contribution in [2.45, 2.75) is 13.3 Å². The van der Waals surface area contributed by atoms with E-state index in [-0.39, 0.29) is 5.91 Å². The lowest BCUT2D eigenvalue weighted by atomic mass is 10.1. The van der Waals surface area contributed by atoms with Crippen molar-refractivity contribution in [3.63, 3.8) is 0 Å². The van der Waals surface area contributed by atoms with Crippen LogP contribution < -0.4 is 10.6 Å². The number of fused-ring (bicyclic) bond motifs is 1. The minimum Gasteiger partial charge on any atom is -0.441 e. The van der Waals surface area contributed by atoms with Crippen molar-refractivity contribution in [2.75, 3.05) is 19.6 Å². The summed E-state index contributed by atoms with van der Waals surface area (Å²) in [5, 5.41) is 6.26. The SMILES string of the molecule is Cc1nc2ccc(C(=O)NCC3CCNC3)cc2o1. The van der Waals surface area contributed by atoms with Crippen molar-refractivity contribution >= 4 is 17.0 Å². The van der Waals surface area contributed by atoms with E-state index in [4.69, 9.17) is 4.42 Å². The van der Waals surface area contributed by atoms with Gasteiger partial charge in [0.2, 0.25) is 0 Å². The van der Waals surface area contributed by atoms with Crippen molar-refractivity contribution in [1.29, 1.82) is 0 Å². The van der Waals surface area contributed by atoms with Crippen molar-refractivity contribution in [2.24, 2.45) is 5.92 Å². The molecule has 1 fully saturated rings. The van der Waals surface area contributed by atoms with Crippen molar-refractivity contribution in [3.8, 4) is 0 Å². The summed E-state index contributed by atoms with van der Waals surface area (Å²) >= 11 is 0. The second-order valence-electron chi connectivity index (χ2n) is 4.98. The first-order valence-electron chi connectivity index (χ1n) is 6.58. The predicted molar refractivity (Wildman–Crippen MR) is 72.1 cm³/mol. The second-order valence-corrected chi connectivity index (χ2v) is 4.98. The average Bonchev–Trinajstić information content (AvgIpc) is 3.02. The number of oxazole rings is 1. The summed E-state index contributed by atoms with van der Waals surface area (Å²) in [6, 6.07) is 5.35. The summed E-state index contributed by atoms with van der Waals surface area (Å²) in [4.78, 5) is 16.3. The Morgan fingerprint density at radius 3 is 3.26 bits per heavy atom. The van der Waals surface area contributed by atoms with Crippen molar-refractivity contribution < 1.29 is 9.21 Å². The van der Waals surface area contributed by atoms with E-state index in [2.05, 4.69) is 15.6 Å². The molecular weight excluding hydrogens is 242 g/mol. The fourth-order valence-electron chi connectivity index (χ4n) is 2.41. The molecule has 19 heavy (non-hydrogen) atoms. The molecule has 1 saturated heterocycles. The van der Waals surface area contributed by atoms with Gasteiger partial charge < -0.3 is 15.1 Å². The van der Waals surface area contributed by atoms with E-state index < -0.39 is 0 Å². The van der Waals surface area contributed by atoms with E-state index in [0.29, 0.717) is 23.0 Å². The Labute approximate surface area is 111 Å². The van der Waals surface area contributed by atoms with Crippen LogP contribution in [0.2, 0.25) is 0 Å². The van der Waals surface area contributed by atoms with Crippen LogP contribution in [-0.2, 0) is 0 Å². The molecular formula is C14H17N3O2. The maximum atomic E-state index is 12.1. The third-order valence-electron chi connectivity index (χ3n) is 3.47. The van der Waals surface area contributed by atoms with Crippen LogP contribution in [0.5, 0.6) is 0 Å². The lowest BCUT2D eigenvalue weighted by Gasteiger charge is -2.09. The van der Waals surface area contributed by atoms with Gasteiger partial charge in [0.1, 0.15) is 5.52 Å². The number of benzene rings is 1. The fraction of sp³-hybridized carbons (Fsp3) is 0.429. The third-order valence-corrected chi connectivity index (χ3v) is 3.47. The first kappa shape index (κ1) is 12.2. The zero-order valence-corrected chi connectivity index (χ0v) is 10.9. The molecule has 3 rings (SSSR count). The topological polar surface area (TPSA) is 67.2 Å². The van der Waals surface area contributed by atoms with E-state index >= 15 is 0 Å². The Hall–Kier alpha value is -1.88. The number of aryl methyl sites for hydroxylation is 1. The molecule has 1 unspecified atom stereocenters. The highest BCUT2D eigenvalue weighted by molar-refractivity contribution is 5.97. The number of nitrogens with one attached hydrogen (secondary N) is 2. The van der Waals surface area contributed by atoms with Crippen LogP contribution in [-0.4, -0.2) is 30.5 Å². The molecule has 0 radical (unpaired) electrons. The molecule has 0 spiro atoms. The molecule has 1 amide bonds. The Bertz CT molecular complexity index is 600. The molecule has 1 atom stereocenters. The van der Waals surface area contributed by atoms with Crippen LogP contribution in [0.1, 0.15) is 22.7 Å². The van der Waals surface area contributed by atoms with Gasteiger partial charge >= 0.3 is 0 Å². The fourth-order valence-corrected chi connectivity index (χ4v) is 2.41. The van der Waals surface area contributed by atoms with Crippen LogP contribution in [0.3, 0.4) is 0 Å². The number of hydrogen-bond donors (Lipinski definition) is 2. The standard InChI is InChI=1S/C14H17N3O2/c1-9-17-12-3-2-11(6-13(12)19-9)14(18)16-8-10-4-5-15-7-10/h2-3,6,10,15H,4-5,7-8H2,1H3,(H,16,18). The minimum absolute atomic E-state index is 0.0529. The molecule has 2 aromatic rings. The lowest BCUT2D eigenvalue weighted by molar-refractivity contribution is 0.0948. The van der Waals surface area contributed by atoms with E-state index in [0.717, 1.165) is 31.6 Å². The van der Waals surface area contributed by atoms with E-state index in [1.54, 1.807) is 19.1 Å². The summed E-state index contributed by atoms with van der Waals surface area (Å²) in [5.41, 5.74) is 2.07. The van der Waals surface area contributed by atoms with Crippen LogP contribution in [0.15, 0.2) is 22.6 Å². The molecule has 0 bridgehead atoms. The number of carbonyl (C=O) groups excluding carboxylic acids is 1. The van der Waals surface area contributed by atoms with Gasteiger partial charge in [-0.3, -0.25) is 4.79 Å². The van der Waals surface area contributed by atoms with Gasteiger partial charge in [-0.15, -0.1) is 0 Å². The van der Waals surface area contributed by atoms with Gasteiger partial charge in [0.25, 0.3) is 5.91 Å². The first-order chi connectivity index (χ1) is 9.22. The van der Waals surface area contributed by atoms with Gasteiger partial charge in [-0.25, -0.2) is 4.98 Å². The zero-order chi connectivity index (χ0) is 13.2. The number of rotatable bonds is 3. The van der Waals surface area contributed by atoms with Crippen molar-refractivity contribution in [1.82, 2.24) is 15.6 Å². The Kier molecular flexibility index (Phi) is 3.21. The number of amides is 1. The predicted octanol–water partition coefficient (Wildman–Crippen LogP) is 1.48. The van der Waals surface area contributed by atoms with Gasteiger partial charge in [-0.2, -0.15) is 0 Å². The monoisotopic (exact) mass is 259 g/mol. The molecule has 5 nitrogen and oxygen atoms in total. The van der Waals surface area contributed by atoms with E-state index in [1.165, 1.54) is 0 Å². The second kappa shape index (κ2) is 5.01.